The van der Waals surface area contributed by atoms with Crippen molar-refractivity contribution in [2.24, 2.45) is 0 Å². The Balaban J connectivity index is 2.76. The molecule has 2 atom stereocenters. The molecule has 0 amide bonds. The van der Waals surface area contributed by atoms with Gasteiger partial charge in [-0.3, -0.25) is 0 Å². The van der Waals surface area contributed by atoms with Crippen molar-refractivity contribution in [3.8, 4) is 0 Å². The fourth-order valence-electron chi connectivity index (χ4n) is 1.65. The number of ether oxygens (including phenoxy) is 1. The van der Waals surface area contributed by atoms with E-state index in [1.807, 2.05) is 0 Å². The monoisotopic (exact) mass is 363 g/mol. The predicted molar refractivity (Wildman–Crippen MR) is 73.2 cm³/mol. The van der Waals surface area contributed by atoms with Crippen LogP contribution in [0.5, 0.6) is 0 Å². The van der Waals surface area contributed by atoms with Crippen molar-refractivity contribution >= 4 is 35.8 Å². The maximum Gasteiger partial charge on any atom is 0.215 e. The third-order valence-electron chi connectivity index (χ3n) is 2.69. The minimum Gasteiger partial charge on any atom is -0.374 e. The Labute approximate surface area is 117 Å². The van der Waals surface area contributed by atoms with E-state index >= 15 is 0 Å². The van der Waals surface area contributed by atoms with Crippen LogP contribution in [-0.2, 0) is 24.6 Å². The first kappa shape index (κ1) is 16.4. The summed E-state index contributed by atoms with van der Waals surface area (Å²) >= 11 is 3.25. The van der Waals surface area contributed by atoms with Crippen LogP contribution in [0.1, 0.15) is 6.92 Å². The fraction of sp³-hybridized carbons (Fsp3) is 1.00. The topological polar surface area (TPSA) is 80.8 Å². The highest BCUT2D eigenvalue weighted by atomic mass is 79.9. The predicted octanol–water partition coefficient (Wildman–Crippen LogP) is -0.155. The van der Waals surface area contributed by atoms with Crippen molar-refractivity contribution in [3.63, 3.8) is 0 Å². The number of hydrogen-bond donors (Lipinski definition) is 0. The van der Waals surface area contributed by atoms with Gasteiger partial charge in [0.15, 0.2) is 0 Å². The molecular formula is C9H18BrNO5S2. The number of sulfone groups is 1. The van der Waals surface area contributed by atoms with Gasteiger partial charge in [0, 0.05) is 24.2 Å². The Bertz CT molecular complexity index is 475. The van der Waals surface area contributed by atoms with Gasteiger partial charge >= 0.3 is 0 Å². The van der Waals surface area contributed by atoms with Gasteiger partial charge in [-0.15, -0.1) is 0 Å². The quantitative estimate of drug-likeness (QED) is 0.634. The largest absolute Gasteiger partial charge is 0.374 e. The maximum absolute atomic E-state index is 12.1. The van der Waals surface area contributed by atoms with E-state index in [9.17, 15) is 16.8 Å². The minimum atomic E-state index is -3.56. The van der Waals surface area contributed by atoms with Crippen molar-refractivity contribution in [1.82, 2.24) is 4.31 Å². The zero-order valence-corrected chi connectivity index (χ0v) is 13.6. The van der Waals surface area contributed by atoms with Crippen molar-refractivity contribution in [1.29, 1.82) is 0 Å². The van der Waals surface area contributed by atoms with Crippen LogP contribution in [-0.4, -0.2) is 69.5 Å². The van der Waals surface area contributed by atoms with Crippen LogP contribution in [0, 0.1) is 0 Å². The summed E-state index contributed by atoms with van der Waals surface area (Å²) in [6.45, 7) is 2.34. The maximum atomic E-state index is 12.1. The van der Waals surface area contributed by atoms with Gasteiger partial charge in [0.05, 0.1) is 24.2 Å². The first-order valence-electron chi connectivity index (χ1n) is 5.50. The van der Waals surface area contributed by atoms with E-state index in [0.717, 1.165) is 6.26 Å². The number of hydrogen-bond acceptors (Lipinski definition) is 5. The molecular weight excluding hydrogens is 346 g/mol. The molecule has 6 nitrogen and oxygen atoms in total. The number of rotatable bonds is 5. The molecule has 108 valence electrons. The number of nitrogens with zero attached hydrogens (tertiary/aromatic N) is 1. The lowest BCUT2D eigenvalue weighted by Crippen LogP contribution is -2.52. The lowest BCUT2D eigenvalue weighted by molar-refractivity contribution is -0.0138. The second kappa shape index (κ2) is 6.17. The molecule has 1 fully saturated rings. The Morgan fingerprint density at radius 1 is 1.28 bits per heavy atom. The molecule has 2 unspecified atom stereocenters. The molecule has 1 aliphatic heterocycles. The molecule has 0 spiro atoms. The third kappa shape index (κ3) is 4.76. The van der Waals surface area contributed by atoms with Crippen LogP contribution >= 0.6 is 15.9 Å². The van der Waals surface area contributed by atoms with Gasteiger partial charge in [-0.1, -0.05) is 15.9 Å². The highest BCUT2D eigenvalue weighted by Crippen LogP contribution is 2.17. The zero-order chi connectivity index (χ0) is 14.0. The molecule has 1 heterocycles. The lowest BCUT2D eigenvalue weighted by Gasteiger charge is -2.36. The summed E-state index contributed by atoms with van der Waals surface area (Å²) in [5, 5.41) is 0.553. The summed E-state index contributed by atoms with van der Waals surface area (Å²) in [5.74, 6) is -0.719. The minimum absolute atomic E-state index is 0.186. The molecule has 1 saturated heterocycles. The molecule has 1 rings (SSSR count). The van der Waals surface area contributed by atoms with Gasteiger partial charge < -0.3 is 4.74 Å². The van der Waals surface area contributed by atoms with Crippen LogP contribution < -0.4 is 0 Å². The number of alkyl halides is 1. The smallest absolute Gasteiger partial charge is 0.215 e. The van der Waals surface area contributed by atoms with Crippen LogP contribution in [0.25, 0.3) is 0 Å². The number of halogens is 1. The fourth-order valence-corrected chi connectivity index (χ4v) is 5.33. The molecule has 0 N–H and O–H groups in total. The van der Waals surface area contributed by atoms with Crippen LogP contribution in [0.15, 0.2) is 0 Å². The SMILES string of the molecule is CC1COC(CBr)CN1S(=O)(=O)CCS(C)(=O)=O. The van der Waals surface area contributed by atoms with E-state index in [2.05, 4.69) is 15.9 Å². The summed E-state index contributed by atoms with van der Waals surface area (Å²) in [5.41, 5.74) is 0. The molecule has 0 aliphatic carbocycles. The van der Waals surface area contributed by atoms with Crippen LogP contribution in [0.4, 0.5) is 0 Å². The van der Waals surface area contributed by atoms with Crippen molar-refractivity contribution in [2.75, 3.05) is 36.2 Å². The normalized spacial score (nSPS) is 27.3. The van der Waals surface area contributed by atoms with E-state index < -0.39 is 19.9 Å². The Hall–Kier alpha value is 0.300. The van der Waals surface area contributed by atoms with Crippen molar-refractivity contribution < 1.29 is 21.6 Å². The summed E-state index contributed by atoms with van der Waals surface area (Å²) in [4.78, 5) is 0. The number of sulfonamides is 1. The molecule has 0 aromatic rings. The highest BCUT2D eigenvalue weighted by Gasteiger charge is 2.34. The molecule has 9 heteroatoms. The van der Waals surface area contributed by atoms with Gasteiger partial charge in [0.1, 0.15) is 9.84 Å². The zero-order valence-electron chi connectivity index (χ0n) is 10.4. The average molecular weight is 364 g/mol. The van der Waals surface area contributed by atoms with E-state index in [4.69, 9.17) is 4.74 Å². The Morgan fingerprint density at radius 3 is 2.39 bits per heavy atom. The van der Waals surface area contributed by atoms with Gasteiger partial charge in [-0.2, -0.15) is 4.31 Å². The summed E-state index contributed by atoms with van der Waals surface area (Å²) < 4.78 is 53.1. The van der Waals surface area contributed by atoms with Crippen molar-refractivity contribution in [2.45, 2.75) is 19.1 Å². The van der Waals surface area contributed by atoms with Gasteiger partial charge in [0.2, 0.25) is 10.0 Å². The lowest BCUT2D eigenvalue weighted by atomic mass is 10.2. The molecule has 0 aromatic heterocycles. The first-order valence-corrected chi connectivity index (χ1v) is 10.3. The van der Waals surface area contributed by atoms with Gasteiger partial charge in [0.25, 0.3) is 0 Å². The van der Waals surface area contributed by atoms with Gasteiger partial charge in [-0.25, -0.2) is 16.8 Å². The summed E-state index contributed by atoms with van der Waals surface area (Å²) in [6, 6.07) is -0.259. The number of morpholine rings is 1. The molecule has 0 radical (unpaired) electrons. The highest BCUT2D eigenvalue weighted by molar-refractivity contribution is 9.09. The third-order valence-corrected chi connectivity index (χ3v) is 6.56. The van der Waals surface area contributed by atoms with E-state index in [1.165, 1.54) is 4.31 Å². The summed E-state index contributed by atoms with van der Waals surface area (Å²) in [6.07, 6.45) is 0.848. The first-order chi connectivity index (χ1) is 8.15. The molecule has 0 saturated carbocycles. The second-order valence-electron chi connectivity index (χ2n) is 4.47. The van der Waals surface area contributed by atoms with E-state index in [1.54, 1.807) is 6.92 Å². The standard InChI is InChI=1S/C9H18BrNO5S2/c1-8-7-16-9(5-10)6-11(8)18(14,15)4-3-17(2,12)13/h8-9H,3-7H2,1-2H3. The van der Waals surface area contributed by atoms with E-state index in [0.29, 0.717) is 11.9 Å². The molecule has 0 aromatic carbocycles. The van der Waals surface area contributed by atoms with Gasteiger partial charge in [-0.05, 0) is 6.92 Å². The molecule has 1 aliphatic rings. The average Bonchev–Trinajstić information content (AvgIpc) is 2.26. The van der Waals surface area contributed by atoms with Crippen molar-refractivity contribution in [3.05, 3.63) is 0 Å². The Morgan fingerprint density at radius 2 is 1.89 bits per heavy atom. The van der Waals surface area contributed by atoms with E-state index in [-0.39, 0.29) is 30.2 Å². The van der Waals surface area contributed by atoms with Crippen LogP contribution in [0.2, 0.25) is 0 Å². The summed E-state index contributed by atoms with van der Waals surface area (Å²) in [7, 11) is -6.83. The van der Waals surface area contributed by atoms with Crippen LogP contribution in [0.3, 0.4) is 0 Å². The molecule has 18 heavy (non-hydrogen) atoms. The molecule has 0 bridgehead atoms. The Kier molecular flexibility index (Phi) is 5.60. The second-order valence-corrected chi connectivity index (χ2v) is 9.42.